The minimum absolute atomic E-state index is 0.0452. The van der Waals surface area contributed by atoms with Crippen LogP contribution in [0.2, 0.25) is 0 Å². The van der Waals surface area contributed by atoms with Crippen LogP contribution in [0.3, 0.4) is 0 Å². The summed E-state index contributed by atoms with van der Waals surface area (Å²) in [5.74, 6) is -0.744. The van der Waals surface area contributed by atoms with E-state index in [2.05, 4.69) is 0 Å². The molecule has 0 spiro atoms. The Bertz CT molecular complexity index is 466. The van der Waals surface area contributed by atoms with Crippen molar-refractivity contribution in [2.45, 2.75) is 25.9 Å². The van der Waals surface area contributed by atoms with Gasteiger partial charge in [-0.1, -0.05) is 18.2 Å². The number of esters is 2. The van der Waals surface area contributed by atoms with Crippen molar-refractivity contribution in [2.24, 2.45) is 0 Å². The zero-order chi connectivity index (χ0) is 12.5. The Morgan fingerprint density at radius 3 is 2.82 bits per heavy atom. The third kappa shape index (κ3) is 2.02. The summed E-state index contributed by atoms with van der Waals surface area (Å²) >= 11 is 0. The molecule has 4 nitrogen and oxygen atoms in total. The molecule has 0 saturated carbocycles. The smallest absolute Gasteiger partial charge is 0.339 e. The first-order chi connectivity index (χ1) is 8.07. The summed E-state index contributed by atoms with van der Waals surface area (Å²) in [5.41, 5.74) is 0.372. The van der Waals surface area contributed by atoms with Gasteiger partial charge in [0, 0.05) is 5.56 Å². The lowest BCUT2D eigenvalue weighted by molar-refractivity contribution is -0.148. The first kappa shape index (κ1) is 11.6. The zero-order valence-electron chi connectivity index (χ0n) is 9.86. The van der Waals surface area contributed by atoms with E-state index in [1.165, 1.54) is 0 Å². The monoisotopic (exact) mass is 234 g/mol. The van der Waals surface area contributed by atoms with Gasteiger partial charge in [0.1, 0.15) is 5.60 Å². The summed E-state index contributed by atoms with van der Waals surface area (Å²) < 4.78 is 10.2. The van der Waals surface area contributed by atoms with E-state index >= 15 is 0 Å². The minimum Gasteiger partial charge on any atom is -0.466 e. The molecule has 4 heteroatoms. The third-order valence-electron chi connectivity index (χ3n) is 2.82. The fourth-order valence-electron chi connectivity index (χ4n) is 2.06. The molecule has 0 saturated heterocycles. The molecule has 0 aromatic heterocycles. The van der Waals surface area contributed by atoms with E-state index in [0.717, 1.165) is 5.56 Å². The number of benzene rings is 1. The number of fused-ring (bicyclic) bond motifs is 1. The fraction of sp³-hybridized carbons (Fsp3) is 0.385. The summed E-state index contributed by atoms with van der Waals surface area (Å²) in [6.45, 7) is 3.80. The zero-order valence-corrected chi connectivity index (χ0v) is 9.86. The normalized spacial score (nSPS) is 21.9. The molecule has 1 aliphatic heterocycles. The molecule has 90 valence electrons. The minimum atomic E-state index is -0.903. The van der Waals surface area contributed by atoms with E-state index in [-0.39, 0.29) is 18.4 Å². The SMILES string of the molecule is CCOC(=O)C[C@]1(C)OC(=O)c2ccccc21. The predicted molar refractivity (Wildman–Crippen MR) is 60.5 cm³/mol. The highest BCUT2D eigenvalue weighted by Gasteiger charge is 2.43. The van der Waals surface area contributed by atoms with E-state index in [0.29, 0.717) is 12.2 Å². The van der Waals surface area contributed by atoms with Gasteiger partial charge in [-0.05, 0) is 19.9 Å². The molecule has 17 heavy (non-hydrogen) atoms. The van der Waals surface area contributed by atoms with E-state index in [9.17, 15) is 9.59 Å². The van der Waals surface area contributed by atoms with Crippen molar-refractivity contribution in [1.82, 2.24) is 0 Å². The maximum Gasteiger partial charge on any atom is 0.339 e. The van der Waals surface area contributed by atoms with Gasteiger partial charge in [0.05, 0.1) is 18.6 Å². The molecular weight excluding hydrogens is 220 g/mol. The predicted octanol–water partition coefficient (Wildman–Crippen LogP) is 2.03. The number of ether oxygens (including phenoxy) is 2. The molecule has 0 amide bonds. The summed E-state index contributed by atoms with van der Waals surface area (Å²) in [4.78, 5) is 23.2. The second-order valence-electron chi connectivity index (χ2n) is 4.15. The van der Waals surface area contributed by atoms with Gasteiger partial charge < -0.3 is 9.47 Å². The molecule has 2 rings (SSSR count). The first-order valence-corrected chi connectivity index (χ1v) is 5.55. The highest BCUT2D eigenvalue weighted by Crippen LogP contribution is 2.38. The van der Waals surface area contributed by atoms with Crippen LogP contribution in [0.5, 0.6) is 0 Å². The highest BCUT2D eigenvalue weighted by molar-refractivity contribution is 5.95. The Morgan fingerprint density at radius 2 is 2.12 bits per heavy atom. The second-order valence-corrected chi connectivity index (χ2v) is 4.15. The topological polar surface area (TPSA) is 52.6 Å². The van der Waals surface area contributed by atoms with Crippen LogP contribution in [0, 0.1) is 0 Å². The number of rotatable bonds is 3. The molecule has 0 unspecified atom stereocenters. The molecule has 0 fully saturated rings. The van der Waals surface area contributed by atoms with Crippen LogP contribution in [-0.4, -0.2) is 18.5 Å². The number of carbonyl (C=O) groups is 2. The van der Waals surface area contributed by atoms with Crippen LogP contribution in [0.1, 0.15) is 36.2 Å². The fourth-order valence-corrected chi connectivity index (χ4v) is 2.06. The van der Waals surface area contributed by atoms with Gasteiger partial charge in [-0.2, -0.15) is 0 Å². The maximum atomic E-state index is 11.6. The Morgan fingerprint density at radius 1 is 1.41 bits per heavy atom. The van der Waals surface area contributed by atoms with Gasteiger partial charge in [-0.15, -0.1) is 0 Å². The number of hydrogen-bond acceptors (Lipinski definition) is 4. The summed E-state index contributed by atoms with van der Waals surface area (Å²) in [5, 5.41) is 0. The van der Waals surface area contributed by atoms with Gasteiger partial charge in [0.25, 0.3) is 0 Å². The van der Waals surface area contributed by atoms with E-state index < -0.39 is 5.60 Å². The Labute approximate surface area is 99.5 Å². The largest absolute Gasteiger partial charge is 0.466 e. The van der Waals surface area contributed by atoms with Crippen LogP contribution in [0.15, 0.2) is 24.3 Å². The summed E-state index contributed by atoms with van der Waals surface area (Å²) in [7, 11) is 0. The van der Waals surface area contributed by atoms with Crippen molar-refractivity contribution in [1.29, 1.82) is 0 Å². The molecule has 1 aliphatic rings. The van der Waals surface area contributed by atoms with Crippen LogP contribution in [0.25, 0.3) is 0 Å². The summed E-state index contributed by atoms with van der Waals surface area (Å²) in [6.07, 6.45) is 0.0452. The molecule has 1 aromatic carbocycles. The lowest BCUT2D eigenvalue weighted by Gasteiger charge is -2.22. The Balaban J connectivity index is 2.28. The van der Waals surface area contributed by atoms with Crippen molar-refractivity contribution >= 4 is 11.9 Å². The van der Waals surface area contributed by atoms with Gasteiger partial charge in [-0.3, -0.25) is 4.79 Å². The average Bonchev–Trinajstić information content (AvgIpc) is 2.52. The molecule has 0 radical (unpaired) electrons. The van der Waals surface area contributed by atoms with Gasteiger partial charge >= 0.3 is 11.9 Å². The van der Waals surface area contributed by atoms with E-state index in [1.54, 1.807) is 32.0 Å². The van der Waals surface area contributed by atoms with Gasteiger partial charge in [0.15, 0.2) is 0 Å². The van der Waals surface area contributed by atoms with Crippen LogP contribution in [0.4, 0.5) is 0 Å². The number of carbonyl (C=O) groups excluding carboxylic acids is 2. The van der Waals surface area contributed by atoms with Gasteiger partial charge in [-0.25, -0.2) is 4.79 Å². The average molecular weight is 234 g/mol. The van der Waals surface area contributed by atoms with E-state index in [4.69, 9.17) is 9.47 Å². The first-order valence-electron chi connectivity index (χ1n) is 5.55. The molecule has 0 aliphatic carbocycles. The molecule has 0 bridgehead atoms. The van der Waals surface area contributed by atoms with Crippen LogP contribution >= 0.6 is 0 Å². The van der Waals surface area contributed by atoms with Crippen molar-refractivity contribution < 1.29 is 19.1 Å². The third-order valence-corrected chi connectivity index (χ3v) is 2.82. The van der Waals surface area contributed by atoms with Crippen molar-refractivity contribution in [3.8, 4) is 0 Å². The number of cyclic esters (lactones) is 1. The molecule has 0 N–H and O–H groups in total. The lowest BCUT2D eigenvalue weighted by atomic mass is 9.91. The van der Waals surface area contributed by atoms with Crippen molar-refractivity contribution in [3.05, 3.63) is 35.4 Å². The van der Waals surface area contributed by atoms with Crippen molar-refractivity contribution in [2.75, 3.05) is 6.61 Å². The molecule has 1 atom stereocenters. The molecule has 1 heterocycles. The molecular formula is C13H14O4. The maximum absolute atomic E-state index is 11.6. The van der Waals surface area contributed by atoms with E-state index in [1.807, 2.05) is 6.07 Å². The standard InChI is InChI=1S/C13H14O4/c1-3-16-11(14)8-13(2)10-7-5-4-6-9(10)12(15)17-13/h4-7H,3,8H2,1-2H3/t13-/m0/s1. The van der Waals surface area contributed by atoms with Crippen molar-refractivity contribution in [3.63, 3.8) is 0 Å². The van der Waals surface area contributed by atoms with Gasteiger partial charge in [0.2, 0.25) is 0 Å². The van der Waals surface area contributed by atoms with Crippen LogP contribution < -0.4 is 0 Å². The highest BCUT2D eigenvalue weighted by atomic mass is 16.6. The second kappa shape index (κ2) is 4.20. The van der Waals surface area contributed by atoms with Crippen LogP contribution in [-0.2, 0) is 19.9 Å². The number of hydrogen-bond donors (Lipinski definition) is 0. The quantitative estimate of drug-likeness (QED) is 0.751. The Hall–Kier alpha value is -1.84. The summed E-state index contributed by atoms with van der Waals surface area (Å²) in [6, 6.07) is 7.11. The molecule has 1 aromatic rings. The lowest BCUT2D eigenvalue weighted by Crippen LogP contribution is -2.26. The Kier molecular flexibility index (Phi) is 2.88.